The van der Waals surface area contributed by atoms with Crippen molar-refractivity contribution in [3.05, 3.63) is 47.5 Å². The number of amidine groups is 1. The van der Waals surface area contributed by atoms with Crippen LogP contribution in [0.1, 0.15) is 17.0 Å². The summed E-state index contributed by atoms with van der Waals surface area (Å²) >= 11 is 0. The molecule has 0 saturated carbocycles. The molecule has 2 rings (SSSR count). The summed E-state index contributed by atoms with van der Waals surface area (Å²) in [5.41, 5.74) is 6.89. The van der Waals surface area contributed by atoms with Gasteiger partial charge < -0.3 is 16.3 Å². The number of carbonyl (C=O) groups excluding carboxylic acids is 1. The van der Waals surface area contributed by atoms with Crippen LogP contribution in [0.15, 0.2) is 35.7 Å². The number of hydrogen-bond donors (Lipinski definition) is 3. The maximum absolute atomic E-state index is 11.8. The smallest absolute Gasteiger partial charge is 0.224 e. The van der Waals surface area contributed by atoms with Crippen molar-refractivity contribution in [2.75, 3.05) is 0 Å². The number of amides is 1. The third-order valence-corrected chi connectivity index (χ3v) is 2.81. The van der Waals surface area contributed by atoms with E-state index < -0.39 is 0 Å². The van der Waals surface area contributed by atoms with Crippen molar-refractivity contribution < 1.29 is 10.0 Å². The van der Waals surface area contributed by atoms with E-state index in [0.29, 0.717) is 17.9 Å². The van der Waals surface area contributed by atoms with Crippen molar-refractivity contribution in [1.29, 1.82) is 0 Å². The zero-order valence-electron chi connectivity index (χ0n) is 11.5. The van der Waals surface area contributed by atoms with E-state index in [1.165, 1.54) is 0 Å². The van der Waals surface area contributed by atoms with Gasteiger partial charge in [-0.05, 0) is 5.56 Å². The van der Waals surface area contributed by atoms with Crippen LogP contribution in [0.4, 0.5) is 0 Å². The quantitative estimate of drug-likeness (QED) is 0.304. The number of nitrogens with zero attached hydrogens (tertiary/aromatic N) is 4. The first kappa shape index (κ1) is 14.5. The highest BCUT2D eigenvalue weighted by molar-refractivity contribution is 5.97. The predicted octanol–water partition coefficient (Wildman–Crippen LogP) is -0.231. The van der Waals surface area contributed by atoms with Crippen molar-refractivity contribution >= 4 is 11.7 Å². The fourth-order valence-corrected chi connectivity index (χ4v) is 1.74. The summed E-state index contributed by atoms with van der Waals surface area (Å²) in [6.45, 7) is 0.294. The zero-order chi connectivity index (χ0) is 15.2. The number of rotatable bonds is 5. The van der Waals surface area contributed by atoms with Gasteiger partial charge in [-0.3, -0.25) is 9.48 Å². The maximum Gasteiger partial charge on any atom is 0.224 e. The fourth-order valence-electron chi connectivity index (χ4n) is 1.74. The van der Waals surface area contributed by atoms with Gasteiger partial charge in [0.1, 0.15) is 6.33 Å². The minimum Gasteiger partial charge on any atom is -0.409 e. The van der Waals surface area contributed by atoms with Crippen LogP contribution in [0.25, 0.3) is 0 Å². The molecule has 110 valence electrons. The monoisotopic (exact) mass is 288 g/mol. The Morgan fingerprint density at radius 1 is 1.43 bits per heavy atom. The summed E-state index contributed by atoms with van der Waals surface area (Å²) in [6, 6.07) is 6.90. The number of carbonyl (C=O) groups is 1. The molecule has 1 heterocycles. The van der Waals surface area contributed by atoms with Gasteiger partial charge in [0.25, 0.3) is 0 Å². The average Bonchev–Trinajstić information content (AvgIpc) is 2.91. The Hall–Kier alpha value is -2.90. The summed E-state index contributed by atoms with van der Waals surface area (Å²) in [5.74, 6) is 0.472. The molecule has 1 amide bonds. The van der Waals surface area contributed by atoms with Gasteiger partial charge in [0, 0.05) is 12.6 Å². The van der Waals surface area contributed by atoms with Gasteiger partial charge >= 0.3 is 0 Å². The van der Waals surface area contributed by atoms with Crippen molar-refractivity contribution in [3.63, 3.8) is 0 Å². The van der Waals surface area contributed by atoms with Gasteiger partial charge in [-0.25, -0.2) is 4.98 Å². The van der Waals surface area contributed by atoms with Crippen LogP contribution in [-0.2, 0) is 24.8 Å². The number of aryl methyl sites for hydroxylation is 1. The third kappa shape index (κ3) is 4.03. The normalized spacial score (nSPS) is 11.4. The molecule has 0 atom stereocenters. The molecule has 2 aromatic rings. The van der Waals surface area contributed by atoms with Gasteiger partial charge in [-0.1, -0.05) is 29.4 Å². The van der Waals surface area contributed by atoms with Crippen LogP contribution in [0, 0.1) is 0 Å². The van der Waals surface area contributed by atoms with Crippen LogP contribution in [0.2, 0.25) is 0 Å². The van der Waals surface area contributed by atoms with E-state index in [2.05, 4.69) is 20.6 Å². The van der Waals surface area contributed by atoms with Crippen molar-refractivity contribution in [2.45, 2.75) is 13.0 Å². The van der Waals surface area contributed by atoms with E-state index in [1.54, 1.807) is 42.3 Å². The summed E-state index contributed by atoms with van der Waals surface area (Å²) in [7, 11) is 1.77. The highest BCUT2D eigenvalue weighted by Gasteiger charge is 2.06. The molecule has 0 aliphatic heterocycles. The molecule has 0 bridgehead atoms. The van der Waals surface area contributed by atoms with Crippen molar-refractivity contribution in [3.8, 4) is 0 Å². The predicted molar refractivity (Wildman–Crippen MR) is 75.5 cm³/mol. The Balaban J connectivity index is 1.87. The molecule has 0 radical (unpaired) electrons. The number of hydrogen-bond acceptors (Lipinski definition) is 5. The van der Waals surface area contributed by atoms with Gasteiger partial charge in [0.15, 0.2) is 11.7 Å². The Morgan fingerprint density at radius 3 is 2.71 bits per heavy atom. The lowest BCUT2D eigenvalue weighted by atomic mass is 10.1. The van der Waals surface area contributed by atoms with Gasteiger partial charge in [0.05, 0.1) is 13.0 Å². The fraction of sp³-hybridized carbons (Fsp3) is 0.231. The van der Waals surface area contributed by atoms with E-state index in [1.807, 2.05) is 0 Å². The molecule has 8 heteroatoms. The molecule has 0 fully saturated rings. The lowest BCUT2D eigenvalue weighted by molar-refractivity contribution is -0.120. The third-order valence-electron chi connectivity index (χ3n) is 2.81. The van der Waals surface area contributed by atoms with Crippen LogP contribution >= 0.6 is 0 Å². The standard InChI is InChI=1S/C13H16N6O2/c1-19-8-16-11(17-19)7-15-12(20)6-9-2-4-10(5-3-9)13(14)18-21/h2-5,8,21H,6-7H2,1H3,(H2,14,18)(H,15,20). The molecule has 1 aromatic heterocycles. The van der Waals surface area contributed by atoms with E-state index in [0.717, 1.165) is 5.56 Å². The molecule has 0 aliphatic rings. The van der Waals surface area contributed by atoms with Crippen LogP contribution < -0.4 is 11.1 Å². The number of nitrogens with one attached hydrogen (secondary N) is 1. The van der Waals surface area contributed by atoms with Gasteiger partial charge in [0.2, 0.25) is 5.91 Å². The molecule has 0 aliphatic carbocycles. The largest absolute Gasteiger partial charge is 0.409 e. The molecule has 0 unspecified atom stereocenters. The first-order valence-corrected chi connectivity index (χ1v) is 6.26. The minimum atomic E-state index is -0.126. The highest BCUT2D eigenvalue weighted by Crippen LogP contribution is 2.05. The molecular formula is C13H16N6O2. The molecule has 1 aromatic carbocycles. The Kier molecular flexibility index (Phi) is 4.50. The van der Waals surface area contributed by atoms with E-state index >= 15 is 0 Å². The Morgan fingerprint density at radius 2 is 2.14 bits per heavy atom. The molecule has 4 N–H and O–H groups in total. The maximum atomic E-state index is 11.8. The number of aromatic nitrogens is 3. The topological polar surface area (TPSA) is 118 Å². The summed E-state index contributed by atoms with van der Waals surface area (Å²) in [5, 5.41) is 18.3. The Labute approximate surface area is 121 Å². The first-order chi connectivity index (χ1) is 10.1. The average molecular weight is 288 g/mol. The second kappa shape index (κ2) is 6.51. The van der Waals surface area contributed by atoms with E-state index in [9.17, 15) is 4.79 Å². The van der Waals surface area contributed by atoms with Crippen LogP contribution in [0.5, 0.6) is 0 Å². The van der Waals surface area contributed by atoms with Crippen LogP contribution in [-0.4, -0.2) is 31.7 Å². The second-order valence-corrected chi connectivity index (χ2v) is 4.47. The molecular weight excluding hydrogens is 272 g/mol. The number of benzene rings is 1. The molecule has 8 nitrogen and oxygen atoms in total. The molecule has 21 heavy (non-hydrogen) atoms. The van der Waals surface area contributed by atoms with Crippen molar-refractivity contribution in [1.82, 2.24) is 20.1 Å². The lowest BCUT2D eigenvalue weighted by Gasteiger charge is -2.04. The number of nitrogens with two attached hydrogens (primary N) is 1. The lowest BCUT2D eigenvalue weighted by Crippen LogP contribution is -2.25. The summed E-state index contributed by atoms with van der Waals surface area (Å²) in [6.07, 6.45) is 1.82. The SMILES string of the molecule is Cn1cnc(CNC(=O)Cc2ccc(/C(N)=N/O)cc2)n1. The second-order valence-electron chi connectivity index (χ2n) is 4.47. The molecule has 0 saturated heterocycles. The van der Waals surface area contributed by atoms with Crippen molar-refractivity contribution in [2.24, 2.45) is 17.9 Å². The first-order valence-electron chi connectivity index (χ1n) is 6.26. The van der Waals surface area contributed by atoms with Gasteiger partial charge in [-0.2, -0.15) is 5.10 Å². The number of oxime groups is 1. The Bertz CT molecular complexity index is 647. The highest BCUT2D eigenvalue weighted by atomic mass is 16.4. The minimum absolute atomic E-state index is 0.0345. The van der Waals surface area contributed by atoms with E-state index in [4.69, 9.17) is 10.9 Å². The summed E-state index contributed by atoms with van der Waals surface area (Å²) in [4.78, 5) is 15.8. The van der Waals surface area contributed by atoms with Crippen LogP contribution in [0.3, 0.4) is 0 Å². The zero-order valence-corrected chi connectivity index (χ0v) is 11.5. The molecule has 0 spiro atoms. The summed E-state index contributed by atoms with van der Waals surface area (Å²) < 4.78 is 1.58. The van der Waals surface area contributed by atoms with E-state index in [-0.39, 0.29) is 18.2 Å². The van der Waals surface area contributed by atoms with Gasteiger partial charge in [-0.15, -0.1) is 0 Å².